The van der Waals surface area contributed by atoms with Crippen LogP contribution < -0.4 is 0 Å². The summed E-state index contributed by atoms with van der Waals surface area (Å²) in [6.07, 6.45) is -2.46. The number of carboxylic acids is 1. The van der Waals surface area contributed by atoms with E-state index < -0.39 is 12.1 Å². The van der Waals surface area contributed by atoms with Crippen molar-refractivity contribution in [3.63, 3.8) is 0 Å². The second kappa shape index (κ2) is 6.26. The summed E-state index contributed by atoms with van der Waals surface area (Å²) in [5, 5.41) is 7.12. The highest BCUT2D eigenvalue weighted by Gasteiger charge is 2.38. The van der Waals surface area contributed by atoms with Gasteiger partial charge in [-0.25, -0.2) is 4.79 Å². The smallest absolute Gasteiger partial charge is 0.475 e. The van der Waals surface area contributed by atoms with Gasteiger partial charge in [-0.3, -0.25) is 0 Å². The molecule has 0 rings (SSSR count). The molecule has 0 aromatic rings. The van der Waals surface area contributed by atoms with Crippen molar-refractivity contribution in [1.29, 1.82) is 0 Å². The second-order valence-corrected chi connectivity index (χ2v) is 1.27. The Labute approximate surface area is 66.8 Å². The molecule has 70 valence electrons. The highest BCUT2D eigenvalue weighted by Crippen LogP contribution is 2.13. The maximum atomic E-state index is 10.6. The lowest BCUT2D eigenvalue weighted by atomic mass is 10.7. The molecule has 0 atom stereocenters. The van der Waals surface area contributed by atoms with E-state index in [1.165, 1.54) is 12.5 Å². The van der Waals surface area contributed by atoms with Crippen LogP contribution in [-0.2, 0) is 9.53 Å². The minimum absolute atomic E-state index is 1.31. The minimum atomic E-state index is -5.08. The van der Waals surface area contributed by atoms with Crippen molar-refractivity contribution in [2.45, 2.75) is 6.18 Å². The zero-order valence-electron chi connectivity index (χ0n) is 5.97. The summed E-state index contributed by atoms with van der Waals surface area (Å²) in [4.78, 5) is 8.90. The zero-order valence-corrected chi connectivity index (χ0v) is 5.97. The van der Waals surface area contributed by atoms with E-state index in [2.05, 4.69) is 17.9 Å². The van der Waals surface area contributed by atoms with Crippen LogP contribution in [-0.4, -0.2) is 17.3 Å². The first kappa shape index (κ1) is 13.2. The van der Waals surface area contributed by atoms with Gasteiger partial charge in [-0.2, -0.15) is 13.2 Å². The van der Waals surface area contributed by atoms with Gasteiger partial charge in [0, 0.05) is 0 Å². The van der Waals surface area contributed by atoms with Gasteiger partial charge in [0.1, 0.15) is 0 Å². The fourth-order valence-corrected chi connectivity index (χ4v) is 0.0680. The lowest BCUT2D eigenvalue weighted by Crippen LogP contribution is -2.21. The molecular formula is C6H7F3O3. The highest BCUT2D eigenvalue weighted by molar-refractivity contribution is 5.73. The van der Waals surface area contributed by atoms with Gasteiger partial charge < -0.3 is 9.84 Å². The molecule has 0 amide bonds. The molecule has 0 aliphatic heterocycles. The summed E-state index contributed by atoms with van der Waals surface area (Å²) in [7, 11) is 0. The monoisotopic (exact) mass is 184 g/mol. The molecule has 0 aliphatic carbocycles. The van der Waals surface area contributed by atoms with Gasteiger partial charge in [-0.1, -0.05) is 13.2 Å². The summed E-state index contributed by atoms with van der Waals surface area (Å²) >= 11 is 0. The fraction of sp³-hybridized carbons (Fsp3) is 0.167. The summed E-state index contributed by atoms with van der Waals surface area (Å²) < 4.78 is 36.1. The molecule has 0 aliphatic rings. The first-order valence-electron chi connectivity index (χ1n) is 2.53. The quantitative estimate of drug-likeness (QED) is 0.667. The molecular weight excluding hydrogens is 177 g/mol. The number of hydrogen-bond acceptors (Lipinski definition) is 2. The van der Waals surface area contributed by atoms with Crippen LogP contribution in [0.25, 0.3) is 0 Å². The first-order valence-corrected chi connectivity index (χ1v) is 2.53. The molecule has 0 saturated heterocycles. The van der Waals surface area contributed by atoms with Crippen molar-refractivity contribution in [1.82, 2.24) is 0 Å². The summed E-state index contributed by atoms with van der Waals surface area (Å²) in [6, 6.07) is 0. The van der Waals surface area contributed by atoms with Crippen molar-refractivity contribution in [3.8, 4) is 0 Å². The summed E-state index contributed by atoms with van der Waals surface area (Å²) in [5.41, 5.74) is 0. The van der Waals surface area contributed by atoms with E-state index in [9.17, 15) is 13.2 Å². The maximum Gasteiger partial charge on any atom is 0.490 e. The Kier molecular flexibility index (Phi) is 6.86. The van der Waals surface area contributed by atoms with E-state index in [0.29, 0.717) is 0 Å². The van der Waals surface area contributed by atoms with Crippen molar-refractivity contribution < 1.29 is 27.8 Å². The van der Waals surface area contributed by atoms with Gasteiger partial charge in [-0.15, -0.1) is 0 Å². The number of halogens is 3. The number of alkyl halides is 3. The SMILES string of the molecule is C=COC=C.O=C(O)C(F)(F)F. The van der Waals surface area contributed by atoms with E-state index in [-0.39, 0.29) is 0 Å². The molecule has 0 unspecified atom stereocenters. The van der Waals surface area contributed by atoms with Gasteiger partial charge in [0.05, 0.1) is 12.5 Å². The third-order valence-electron chi connectivity index (χ3n) is 0.435. The van der Waals surface area contributed by atoms with E-state index >= 15 is 0 Å². The van der Waals surface area contributed by atoms with Crippen LogP contribution >= 0.6 is 0 Å². The highest BCUT2D eigenvalue weighted by atomic mass is 19.4. The van der Waals surface area contributed by atoms with Gasteiger partial charge in [0.15, 0.2) is 0 Å². The van der Waals surface area contributed by atoms with Crippen LogP contribution in [0.1, 0.15) is 0 Å². The van der Waals surface area contributed by atoms with Gasteiger partial charge >= 0.3 is 12.1 Å². The second-order valence-electron chi connectivity index (χ2n) is 1.27. The number of hydrogen-bond donors (Lipinski definition) is 1. The molecule has 0 spiro atoms. The molecule has 0 fully saturated rings. The molecule has 0 radical (unpaired) electrons. The summed E-state index contributed by atoms with van der Waals surface area (Å²) in [5.74, 6) is -2.76. The number of ether oxygens (including phenoxy) is 1. The van der Waals surface area contributed by atoms with Crippen LogP contribution in [0, 0.1) is 0 Å². The first-order chi connectivity index (χ1) is 5.36. The number of rotatable bonds is 2. The minimum Gasteiger partial charge on any atom is -0.475 e. The molecule has 0 heterocycles. The Morgan fingerprint density at radius 1 is 1.33 bits per heavy atom. The molecule has 0 aromatic carbocycles. The van der Waals surface area contributed by atoms with Gasteiger partial charge in [0.25, 0.3) is 0 Å². The largest absolute Gasteiger partial charge is 0.490 e. The van der Waals surface area contributed by atoms with Crippen LogP contribution in [0.2, 0.25) is 0 Å². The fourth-order valence-electron chi connectivity index (χ4n) is 0.0680. The summed E-state index contributed by atoms with van der Waals surface area (Å²) in [6.45, 7) is 6.51. The third-order valence-corrected chi connectivity index (χ3v) is 0.435. The van der Waals surface area contributed by atoms with Gasteiger partial charge in [-0.05, 0) is 0 Å². The Balaban J connectivity index is 0. The number of aliphatic carboxylic acids is 1. The molecule has 12 heavy (non-hydrogen) atoms. The standard InChI is InChI=1S/C4H6O.C2HF3O2/c1-3-5-4-2;3-2(4,5)1(6)7/h3-4H,1-2H2;(H,6,7). The van der Waals surface area contributed by atoms with E-state index in [4.69, 9.17) is 9.90 Å². The molecule has 0 bridgehead atoms. The molecule has 3 nitrogen and oxygen atoms in total. The van der Waals surface area contributed by atoms with Gasteiger partial charge in [0.2, 0.25) is 0 Å². The topological polar surface area (TPSA) is 46.5 Å². The van der Waals surface area contributed by atoms with Crippen molar-refractivity contribution in [3.05, 3.63) is 25.7 Å². The normalized spacial score (nSPS) is 8.92. The van der Waals surface area contributed by atoms with Crippen LogP contribution in [0.4, 0.5) is 13.2 Å². The van der Waals surface area contributed by atoms with E-state index in [0.717, 1.165) is 0 Å². The van der Waals surface area contributed by atoms with E-state index in [1.54, 1.807) is 0 Å². The Hall–Kier alpha value is -1.46. The average molecular weight is 184 g/mol. The van der Waals surface area contributed by atoms with Crippen molar-refractivity contribution in [2.24, 2.45) is 0 Å². The van der Waals surface area contributed by atoms with Crippen LogP contribution in [0.15, 0.2) is 25.7 Å². The van der Waals surface area contributed by atoms with Crippen LogP contribution in [0.3, 0.4) is 0 Å². The average Bonchev–Trinajstić information content (AvgIpc) is 1.88. The van der Waals surface area contributed by atoms with Crippen molar-refractivity contribution in [2.75, 3.05) is 0 Å². The molecule has 0 saturated carbocycles. The molecule has 6 heteroatoms. The predicted molar refractivity (Wildman–Crippen MR) is 35.2 cm³/mol. The third kappa shape index (κ3) is 11.4. The molecule has 1 N–H and O–H groups in total. The maximum absolute atomic E-state index is 10.6. The van der Waals surface area contributed by atoms with E-state index in [1.807, 2.05) is 0 Å². The number of carboxylic acid groups (broad SMARTS) is 1. The Morgan fingerprint density at radius 3 is 1.58 bits per heavy atom. The Bertz CT molecular complexity index is 156. The Morgan fingerprint density at radius 2 is 1.58 bits per heavy atom. The van der Waals surface area contributed by atoms with Crippen molar-refractivity contribution >= 4 is 5.97 Å². The zero-order chi connectivity index (χ0) is 10.2. The number of carbonyl (C=O) groups is 1. The molecule has 0 aromatic heterocycles. The van der Waals surface area contributed by atoms with Crippen LogP contribution in [0.5, 0.6) is 0 Å². The lowest BCUT2D eigenvalue weighted by molar-refractivity contribution is -0.192. The predicted octanol–water partition coefficient (Wildman–Crippen LogP) is 1.92. The lowest BCUT2D eigenvalue weighted by Gasteiger charge is -1.93.